The summed E-state index contributed by atoms with van der Waals surface area (Å²) < 4.78 is 22.1. The summed E-state index contributed by atoms with van der Waals surface area (Å²) in [5, 5.41) is 14.7. The van der Waals surface area contributed by atoms with E-state index in [0.717, 1.165) is 12.4 Å². The van der Waals surface area contributed by atoms with Crippen LogP contribution < -0.4 is 14.8 Å². The summed E-state index contributed by atoms with van der Waals surface area (Å²) in [5.41, 5.74) is 1.28. The molecule has 4 rings (SSSR count). The minimum Gasteiger partial charge on any atom is -0.493 e. The van der Waals surface area contributed by atoms with Crippen molar-refractivity contribution < 1.29 is 28.3 Å². The number of nitrogens with zero attached hydrogens (tertiary/aromatic N) is 2. The van der Waals surface area contributed by atoms with Gasteiger partial charge in [0.1, 0.15) is 17.9 Å². The average Bonchev–Trinajstić information content (AvgIpc) is 3.17. The number of amides is 1. The summed E-state index contributed by atoms with van der Waals surface area (Å²) in [6.45, 7) is 2.52. The van der Waals surface area contributed by atoms with Crippen LogP contribution in [0.4, 0.5) is 4.79 Å². The Labute approximate surface area is 154 Å². The van der Waals surface area contributed by atoms with Crippen molar-refractivity contribution in [1.29, 1.82) is 0 Å². The topological polar surface area (TPSA) is 120 Å². The molecule has 9 nitrogen and oxygen atoms in total. The lowest BCUT2D eigenvalue weighted by Gasteiger charge is -2.10. The minimum absolute atomic E-state index is 0.119. The summed E-state index contributed by atoms with van der Waals surface area (Å²) in [4.78, 5) is 14.9. The Bertz CT molecular complexity index is 946. The van der Waals surface area contributed by atoms with Crippen molar-refractivity contribution in [1.82, 2.24) is 15.5 Å². The van der Waals surface area contributed by atoms with Crippen LogP contribution in [-0.2, 0) is 0 Å². The number of hydrogen-bond acceptors (Lipinski definition) is 7. The van der Waals surface area contributed by atoms with Gasteiger partial charge in [-0.15, -0.1) is 0 Å². The molecule has 1 saturated carbocycles. The van der Waals surface area contributed by atoms with E-state index in [1.54, 1.807) is 19.1 Å². The second-order valence-corrected chi connectivity index (χ2v) is 6.59. The number of carbonyl (C=O) groups is 1. The number of fused-ring (bicyclic) bond motifs is 1. The fourth-order valence-electron chi connectivity index (χ4n) is 2.49. The Kier molecular flexibility index (Phi) is 4.57. The van der Waals surface area contributed by atoms with Gasteiger partial charge < -0.3 is 28.8 Å². The molecule has 142 valence electrons. The first-order valence-electron chi connectivity index (χ1n) is 8.69. The minimum atomic E-state index is -1.11. The number of rotatable bonds is 8. The first-order valence-corrected chi connectivity index (χ1v) is 8.69. The molecule has 1 fully saturated rings. The van der Waals surface area contributed by atoms with E-state index in [9.17, 15) is 4.79 Å². The van der Waals surface area contributed by atoms with Crippen LogP contribution in [0.15, 0.2) is 33.2 Å². The van der Waals surface area contributed by atoms with Crippen molar-refractivity contribution in [3.05, 3.63) is 24.3 Å². The second-order valence-electron chi connectivity index (χ2n) is 6.59. The largest absolute Gasteiger partial charge is 0.493 e. The van der Waals surface area contributed by atoms with Crippen LogP contribution >= 0.6 is 0 Å². The number of oxazole rings is 1. The molecule has 9 heteroatoms. The fourth-order valence-corrected chi connectivity index (χ4v) is 2.49. The molecule has 27 heavy (non-hydrogen) atoms. The number of nitrogens with one attached hydrogen (secondary N) is 1. The van der Waals surface area contributed by atoms with Gasteiger partial charge in [0.05, 0.1) is 18.7 Å². The number of carboxylic acid groups (broad SMARTS) is 1. The van der Waals surface area contributed by atoms with Crippen molar-refractivity contribution in [3.8, 4) is 23.3 Å². The molecule has 1 aliphatic carbocycles. The van der Waals surface area contributed by atoms with Crippen LogP contribution in [0.3, 0.4) is 0 Å². The van der Waals surface area contributed by atoms with Gasteiger partial charge in [0.25, 0.3) is 11.8 Å². The molecule has 2 N–H and O–H groups in total. The Morgan fingerprint density at radius 2 is 2.22 bits per heavy atom. The molecular weight excluding hydrogens is 354 g/mol. The van der Waals surface area contributed by atoms with Gasteiger partial charge >= 0.3 is 6.09 Å². The summed E-state index contributed by atoms with van der Waals surface area (Å²) in [5.74, 6) is 2.24. The summed E-state index contributed by atoms with van der Waals surface area (Å²) in [6, 6.07) is 6.66. The molecule has 2 heterocycles. The zero-order chi connectivity index (χ0) is 18.8. The van der Waals surface area contributed by atoms with Gasteiger partial charge in [-0.3, -0.25) is 0 Å². The van der Waals surface area contributed by atoms with E-state index < -0.39 is 6.09 Å². The highest BCUT2D eigenvalue weighted by atomic mass is 16.5. The van der Waals surface area contributed by atoms with E-state index in [2.05, 4.69) is 15.5 Å². The molecule has 0 aliphatic heterocycles. The summed E-state index contributed by atoms with van der Waals surface area (Å²) >= 11 is 0. The molecule has 1 aliphatic rings. The maximum absolute atomic E-state index is 10.6. The van der Waals surface area contributed by atoms with Gasteiger partial charge in [-0.1, -0.05) is 0 Å². The van der Waals surface area contributed by atoms with E-state index in [1.165, 1.54) is 12.8 Å². The standard InChI is InChI=1S/C18H19N3O6/c1-10(19-18(22)23)8-25-16-7-15(27-21-16)17-20-13-5-4-12(6-14(13)26-17)24-9-11-2-3-11/h4-7,10-11,19H,2-3,8-9H2,1H3,(H,22,23)/t10-/m0/s1. The van der Waals surface area contributed by atoms with E-state index in [0.29, 0.717) is 22.8 Å². The Hall–Kier alpha value is -3.23. The van der Waals surface area contributed by atoms with Crippen LogP contribution in [0.2, 0.25) is 0 Å². The summed E-state index contributed by atoms with van der Waals surface area (Å²) in [7, 11) is 0. The van der Waals surface area contributed by atoms with Crippen LogP contribution in [0.5, 0.6) is 11.6 Å². The quantitative estimate of drug-likeness (QED) is 0.617. The van der Waals surface area contributed by atoms with E-state index in [-0.39, 0.29) is 24.4 Å². The van der Waals surface area contributed by atoms with Gasteiger partial charge in [0.2, 0.25) is 5.76 Å². The predicted molar refractivity (Wildman–Crippen MR) is 93.8 cm³/mol. The van der Waals surface area contributed by atoms with Crippen molar-refractivity contribution in [2.24, 2.45) is 5.92 Å². The molecule has 0 saturated heterocycles. The molecule has 3 aromatic rings. The Balaban J connectivity index is 1.42. The summed E-state index contributed by atoms with van der Waals surface area (Å²) in [6.07, 6.45) is 1.35. The first kappa shape index (κ1) is 17.2. The van der Waals surface area contributed by atoms with E-state index in [4.69, 9.17) is 23.5 Å². The average molecular weight is 373 g/mol. The molecule has 0 bridgehead atoms. The van der Waals surface area contributed by atoms with Crippen LogP contribution in [0.1, 0.15) is 19.8 Å². The monoisotopic (exact) mass is 373 g/mol. The molecule has 1 atom stereocenters. The van der Waals surface area contributed by atoms with Gasteiger partial charge in [0, 0.05) is 6.07 Å². The van der Waals surface area contributed by atoms with Crippen molar-refractivity contribution >= 4 is 17.2 Å². The first-order chi connectivity index (χ1) is 13.1. The molecule has 1 amide bonds. The van der Waals surface area contributed by atoms with Gasteiger partial charge in [-0.05, 0) is 43.0 Å². The van der Waals surface area contributed by atoms with Crippen molar-refractivity contribution in [2.45, 2.75) is 25.8 Å². The maximum Gasteiger partial charge on any atom is 0.404 e. The van der Waals surface area contributed by atoms with Crippen LogP contribution in [0, 0.1) is 5.92 Å². The lowest BCUT2D eigenvalue weighted by Crippen LogP contribution is -2.35. The number of ether oxygens (including phenoxy) is 2. The maximum atomic E-state index is 10.6. The zero-order valence-corrected chi connectivity index (χ0v) is 14.7. The van der Waals surface area contributed by atoms with Crippen molar-refractivity contribution in [2.75, 3.05) is 13.2 Å². The second kappa shape index (κ2) is 7.18. The highest BCUT2D eigenvalue weighted by molar-refractivity contribution is 5.77. The van der Waals surface area contributed by atoms with Gasteiger partial charge in [-0.25, -0.2) is 9.78 Å². The van der Waals surface area contributed by atoms with E-state index in [1.807, 2.05) is 12.1 Å². The van der Waals surface area contributed by atoms with E-state index >= 15 is 0 Å². The molecule has 0 unspecified atom stereocenters. The fraction of sp³-hybridized carbons (Fsp3) is 0.389. The number of hydrogen-bond donors (Lipinski definition) is 2. The third-order valence-electron chi connectivity index (χ3n) is 4.09. The Morgan fingerprint density at radius 3 is 3.00 bits per heavy atom. The Morgan fingerprint density at radius 1 is 1.37 bits per heavy atom. The predicted octanol–water partition coefficient (Wildman–Crippen LogP) is 3.31. The van der Waals surface area contributed by atoms with Crippen LogP contribution in [0.25, 0.3) is 22.8 Å². The molecule has 0 spiro atoms. The van der Waals surface area contributed by atoms with Crippen molar-refractivity contribution in [3.63, 3.8) is 0 Å². The van der Waals surface area contributed by atoms with Crippen LogP contribution in [-0.4, -0.2) is 40.6 Å². The molecule has 1 aromatic carbocycles. The zero-order valence-electron chi connectivity index (χ0n) is 14.7. The molecule has 2 aromatic heterocycles. The third kappa shape index (κ3) is 4.30. The molecular formula is C18H19N3O6. The SMILES string of the molecule is C[C@@H](COc1cc(-c2nc3ccc(OCC4CC4)cc3o2)on1)NC(=O)O. The normalized spacial score (nSPS) is 14.9. The third-order valence-corrected chi connectivity index (χ3v) is 4.09. The number of benzene rings is 1. The number of aromatic nitrogens is 2. The lowest BCUT2D eigenvalue weighted by molar-refractivity contribution is 0.181. The van der Waals surface area contributed by atoms with Gasteiger partial charge in [-0.2, -0.15) is 0 Å². The highest BCUT2D eigenvalue weighted by Crippen LogP contribution is 2.31. The smallest absolute Gasteiger partial charge is 0.404 e. The molecule has 0 radical (unpaired) electrons. The highest BCUT2D eigenvalue weighted by Gasteiger charge is 2.22. The van der Waals surface area contributed by atoms with Gasteiger partial charge in [0.15, 0.2) is 5.58 Å². The lowest BCUT2D eigenvalue weighted by atomic mass is 10.3.